The highest BCUT2D eigenvalue weighted by Gasteiger charge is 2.63. The van der Waals surface area contributed by atoms with Gasteiger partial charge in [0.15, 0.2) is 0 Å². The second-order valence-corrected chi connectivity index (χ2v) is 54.2. The summed E-state index contributed by atoms with van der Waals surface area (Å²) in [7, 11) is 0. The van der Waals surface area contributed by atoms with E-state index in [9.17, 15) is 0 Å². The minimum absolute atomic E-state index is 0.472. The molecule has 145 heavy (non-hydrogen) atoms. The molecule has 1 nitrogen and oxygen atoms in total. The molecule has 28 rings (SSSR count). The molecule has 24 aliphatic carbocycles. The molecule has 790 valence electrons. The molecule has 4 aromatic rings. The largest absolute Gasteiger partial charge is 0.373 e. The van der Waals surface area contributed by atoms with Gasteiger partial charge in [0.25, 0.3) is 0 Å². The molecule has 0 radical (unpaired) electrons. The van der Waals surface area contributed by atoms with Crippen molar-refractivity contribution in [2.75, 3.05) is 0 Å². The van der Waals surface area contributed by atoms with Crippen LogP contribution in [0.15, 0.2) is 231 Å². The third-order valence-electron chi connectivity index (χ3n) is 44.8. The molecule has 15 saturated carbocycles. The summed E-state index contributed by atoms with van der Waals surface area (Å²) < 4.78 is 5.97. The van der Waals surface area contributed by atoms with Crippen LogP contribution in [0.2, 0.25) is 0 Å². The fraction of sp³-hybridized carbons (Fsp3) is 0.708. The number of aryl methyl sites for hydroxylation is 3. The van der Waals surface area contributed by atoms with Crippen molar-refractivity contribution in [1.82, 2.24) is 0 Å². The molecule has 0 aliphatic heterocycles. The van der Waals surface area contributed by atoms with Crippen LogP contribution in [-0.2, 0) is 30.6 Å². The van der Waals surface area contributed by atoms with Gasteiger partial charge in [-0.05, 0) is 435 Å². The van der Waals surface area contributed by atoms with Crippen LogP contribution in [0.4, 0.5) is 0 Å². The van der Waals surface area contributed by atoms with E-state index in [1.54, 1.807) is 83.5 Å². The minimum atomic E-state index is 0.472. The van der Waals surface area contributed by atoms with E-state index in [0.29, 0.717) is 12.0 Å². The van der Waals surface area contributed by atoms with E-state index in [4.69, 9.17) is 4.74 Å². The third kappa shape index (κ3) is 29.0. The zero-order valence-corrected chi connectivity index (χ0v) is 92.6. The summed E-state index contributed by atoms with van der Waals surface area (Å²) in [6.45, 7) is 7.65. The number of allylic oxidation sites excluding steroid dienone is 17. The maximum atomic E-state index is 5.97. The smallest absolute Gasteiger partial charge is 0.0720 e. The van der Waals surface area contributed by atoms with Gasteiger partial charge in [0.2, 0.25) is 0 Å². The predicted octanol–water partition coefficient (Wildman–Crippen LogP) is 40.4. The highest BCUT2D eigenvalue weighted by molar-refractivity contribution is 5.26. The number of ether oxygens (including phenoxy) is 1. The topological polar surface area (TPSA) is 9.23 Å². The predicted molar refractivity (Wildman–Crippen MR) is 618 cm³/mol. The molecule has 0 spiro atoms. The van der Waals surface area contributed by atoms with E-state index in [2.05, 4.69) is 245 Å². The molecule has 0 N–H and O–H groups in total. The molecular formula is C144H208O. The Morgan fingerprint density at radius 1 is 0.207 bits per heavy atom. The van der Waals surface area contributed by atoms with Gasteiger partial charge in [0.05, 0.1) is 12.7 Å². The van der Waals surface area contributed by atoms with Gasteiger partial charge in [-0.1, -0.05) is 438 Å². The average Bonchev–Trinajstić information content (AvgIpc) is 1.56. The molecule has 35 unspecified atom stereocenters. The van der Waals surface area contributed by atoms with Gasteiger partial charge < -0.3 is 4.74 Å². The Bertz CT molecular complexity index is 4590. The normalized spacial score (nSPS) is 38.2. The summed E-state index contributed by atoms with van der Waals surface area (Å²) in [5.74, 6) is 36.9. The second kappa shape index (κ2) is 54.8. The van der Waals surface area contributed by atoms with Crippen LogP contribution in [0.25, 0.3) is 0 Å². The number of hydrogen-bond acceptors (Lipinski definition) is 1. The zero-order valence-electron chi connectivity index (χ0n) is 92.6. The molecule has 24 aliphatic rings. The van der Waals surface area contributed by atoms with E-state index < -0.39 is 0 Å². The Hall–Kier alpha value is -5.50. The van der Waals surface area contributed by atoms with Crippen molar-refractivity contribution in [1.29, 1.82) is 0 Å². The maximum Gasteiger partial charge on any atom is 0.0720 e. The second-order valence-electron chi connectivity index (χ2n) is 54.2. The van der Waals surface area contributed by atoms with Crippen molar-refractivity contribution in [3.8, 4) is 0 Å². The summed E-state index contributed by atoms with van der Waals surface area (Å²) in [4.78, 5) is 0. The quantitative estimate of drug-likeness (QED) is 0.0246. The number of hydrogen-bond donors (Lipinski definition) is 0. The SMILES string of the molecule is C1=CC2CC1C1C3CC(C4CCCCC4)C(C3)C21.C1=CC2CC1C1C3CC(CC4CCCCC4)C(C3)C21.C1=CC2CC1CC2CCCCc1ccccc1.C1=CC2CC1CC2CCCc1ccccc1.C1=CC2CC1CC2CCc1ccccc1.C1=CC2CC1CC2OCc1ccccc1.CCCCCCC1CC2C=CC1C2.CCCCCCCCC1CC2C=CC1C2.CCCCCCCCCCC1CC2C=CC1C2. The maximum absolute atomic E-state index is 5.97. The lowest BCUT2D eigenvalue weighted by Gasteiger charge is -2.41. The molecule has 4 aromatic carbocycles. The van der Waals surface area contributed by atoms with E-state index in [0.717, 1.165) is 214 Å². The first-order valence-electron chi connectivity index (χ1n) is 64.6. The van der Waals surface area contributed by atoms with E-state index in [1.807, 2.05) is 6.07 Å². The fourth-order valence-corrected chi connectivity index (χ4v) is 37.7. The molecular weight excluding hydrogens is 1750 g/mol. The number of rotatable bonds is 39. The van der Waals surface area contributed by atoms with Gasteiger partial charge in [0, 0.05) is 5.92 Å². The first kappa shape index (κ1) is 107. The van der Waals surface area contributed by atoms with Gasteiger partial charge in [-0.25, -0.2) is 0 Å². The Balaban J connectivity index is 0.0000000996. The van der Waals surface area contributed by atoms with Crippen molar-refractivity contribution in [2.24, 2.45) is 213 Å². The molecule has 35 atom stereocenters. The molecule has 15 fully saturated rings. The average molecular weight is 1960 g/mol. The Morgan fingerprint density at radius 2 is 0.517 bits per heavy atom. The number of unbranched alkanes of at least 4 members (excludes halogenated alkanes) is 16. The minimum Gasteiger partial charge on any atom is -0.373 e. The molecule has 22 bridgehead atoms. The standard InChI is InChI=1S/C19H28.C18H26.C17H22.C17H30.C16H20.C15H18.C15H26.C14H16O.C13H22/c1-2-4-12(5-3-1)8-15-10-16-11-17(15)19-14-7-6-13(9-14)18(16)19;1-2-4-11(5-3-1)15-9-14-10-16(15)18-13-7-6-12(8-13)17(14)18;1-2-6-14(7-3-1)8-4-5-9-16-12-15-10-11-17(16)13-15;1-2-3-4-5-6-7-8-9-10-16-13-15-11-12-17(16)14-15;1-2-5-13(6-3-1)7-4-8-15-11-14-9-10-16(15)12-14;1-2-4-12(5-3-1)6-8-14-10-13-7-9-15(14)11-13;1-2-3-4-5-6-7-8-14-11-13-9-10-15(14)12-13;1-2-4-11(5-3-1)10-15-14-9-12-6-7-13(14)8-12;1-2-3-4-5-6-12-9-11-7-8-13(12)10-11/h6-7,12-19H,1-5,8-11H2;6-7,11-18H,1-5,8-10H2;1-3,6-7,10-11,15-17H,4-5,8-9,12-13H2;11-12,15-17H,2-10,13-14H2,1H3;1-3,5-6,9-10,14-16H,4,7-8,11-12H2;1-5,7,9,13-15H,6,8,10-11H2;9-10,13-15H,2-8,11-12H2,1H3;1-7,12-14H,8-10H2;7-8,11-13H,2-6,9-10H2,1H3. The summed E-state index contributed by atoms with van der Waals surface area (Å²) >= 11 is 0. The summed E-state index contributed by atoms with van der Waals surface area (Å²) in [6, 6.07) is 43.1. The molecule has 0 saturated heterocycles. The lowest BCUT2D eigenvalue weighted by atomic mass is 9.64. The van der Waals surface area contributed by atoms with Gasteiger partial charge in [0.1, 0.15) is 0 Å². The van der Waals surface area contributed by atoms with Crippen molar-refractivity contribution >= 4 is 0 Å². The van der Waals surface area contributed by atoms with Gasteiger partial charge >= 0.3 is 0 Å². The van der Waals surface area contributed by atoms with Crippen LogP contribution >= 0.6 is 0 Å². The van der Waals surface area contributed by atoms with E-state index in [1.165, 1.54) is 330 Å². The monoisotopic (exact) mass is 1950 g/mol. The Labute approximate surface area is 889 Å². The highest BCUT2D eigenvalue weighted by atomic mass is 16.5. The van der Waals surface area contributed by atoms with Crippen molar-refractivity contribution in [3.63, 3.8) is 0 Å². The van der Waals surface area contributed by atoms with Crippen LogP contribution < -0.4 is 0 Å². The zero-order chi connectivity index (χ0) is 98.1. The Kier molecular flexibility index (Phi) is 40.3. The highest BCUT2D eigenvalue weighted by Crippen LogP contribution is 2.70. The molecule has 0 aromatic heterocycles. The summed E-state index contributed by atoms with van der Waals surface area (Å²) in [5.41, 5.74) is 5.79. The Morgan fingerprint density at radius 3 is 0.910 bits per heavy atom. The van der Waals surface area contributed by atoms with Crippen LogP contribution in [0.5, 0.6) is 0 Å². The van der Waals surface area contributed by atoms with Crippen LogP contribution in [0, 0.1) is 213 Å². The van der Waals surface area contributed by atoms with Crippen molar-refractivity contribution in [2.45, 2.75) is 425 Å². The van der Waals surface area contributed by atoms with E-state index in [-0.39, 0.29) is 0 Å². The van der Waals surface area contributed by atoms with Crippen LogP contribution in [0.3, 0.4) is 0 Å². The molecule has 0 heterocycles. The fourth-order valence-electron chi connectivity index (χ4n) is 37.7. The van der Waals surface area contributed by atoms with Crippen molar-refractivity contribution < 1.29 is 4.74 Å². The number of benzene rings is 4. The van der Waals surface area contributed by atoms with Gasteiger partial charge in [-0.3, -0.25) is 0 Å². The van der Waals surface area contributed by atoms with E-state index >= 15 is 0 Å². The van der Waals surface area contributed by atoms with Gasteiger partial charge in [-0.15, -0.1) is 0 Å². The first-order chi connectivity index (χ1) is 71.7. The number of fused-ring (bicyclic) bond motifs is 32. The first-order valence-corrected chi connectivity index (χ1v) is 64.6. The van der Waals surface area contributed by atoms with Crippen LogP contribution in [-0.4, -0.2) is 6.10 Å². The molecule has 1 heteroatoms. The lowest BCUT2D eigenvalue weighted by molar-refractivity contribution is 0.0245. The summed E-state index contributed by atoms with van der Waals surface area (Å²) in [5, 5.41) is 0. The van der Waals surface area contributed by atoms with Crippen molar-refractivity contribution in [3.05, 3.63) is 253 Å². The van der Waals surface area contributed by atoms with Gasteiger partial charge in [-0.2, -0.15) is 0 Å². The molecule has 0 amide bonds. The summed E-state index contributed by atoms with van der Waals surface area (Å²) in [6.07, 6.45) is 135. The lowest BCUT2D eigenvalue weighted by Crippen LogP contribution is -2.34. The third-order valence-corrected chi connectivity index (χ3v) is 44.8. The van der Waals surface area contributed by atoms with Crippen LogP contribution in [0.1, 0.15) is 415 Å².